The molecule has 0 bridgehead atoms. The van der Waals surface area contributed by atoms with Gasteiger partial charge in [0, 0.05) is 25.1 Å². The molecule has 3 aromatic rings. The smallest absolute Gasteiger partial charge is 0.237 e. The van der Waals surface area contributed by atoms with E-state index in [1.807, 2.05) is 6.07 Å². The number of aromatic nitrogens is 3. The minimum atomic E-state index is -3.70. The fraction of sp³-hybridized carbons (Fsp3) is 0.0625. The zero-order valence-corrected chi connectivity index (χ0v) is 13.3. The van der Waals surface area contributed by atoms with E-state index in [-0.39, 0.29) is 11.4 Å². The normalized spacial score (nSPS) is 11.1. The molecule has 2 aromatic heterocycles. The Hall–Kier alpha value is -3.02. The standard InChI is InChI=1S/C16H13N5O2S/c17-11-13-3-1-4-15(9-13)24(22,23)20-12-14-5-7-18-16(10-14)21-8-2-6-19-21/h1-10,20H,12H2. The molecule has 0 aliphatic rings. The fourth-order valence-electron chi connectivity index (χ4n) is 2.09. The summed E-state index contributed by atoms with van der Waals surface area (Å²) in [6.45, 7) is 0.107. The van der Waals surface area contributed by atoms with Gasteiger partial charge in [-0.15, -0.1) is 0 Å². The van der Waals surface area contributed by atoms with Crippen LogP contribution in [0.15, 0.2) is 66.0 Å². The van der Waals surface area contributed by atoms with Crippen LogP contribution < -0.4 is 4.72 Å². The van der Waals surface area contributed by atoms with Gasteiger partial charge in [-0.05, 0) is 42.0 Å². The zero-order valence-electron chi connectivity index (χ0n) is 12.5. The number of hydrogen-bond acceptors (Lipinski definition) is 5. The van der Waals surface area contributed by atoms with Crippen molar-refractivity contribution in [3.8, 4) is 11.9 Å². The lowest BCUT2D eigenvalue weighted by atomic mass is 10.2. The molecule has 2 heterocycles. The Morgan fingerprint density at radius 1 is 1.17 bits per heavy atom. The van der Waals surface area contributed by atoms with Crippen molar-refractivity contribution in [2.24, 2.45) is 0 Å². The first kappa shape index (κ1) is 15.9. The monoisotopic (exact) mass is 339 g/mol. The minimum Gasteiger partial charge on any atom is -0.237 e. The first-order chi connectivity index (χ1) is 11.6. The van der Waals surface area contributed by atoms with E-state index >= 15 is 0 Å². The number of benzene rings is 1. The third-order valence-corrected chi connectivity index (χ3v) is 4.69. The maximum Gasteiger partial charge on any atom is 0.240 e. The quantitative estimate of drug-likeness (QED) is 0.761. The second-order valence-corrected chi connectivity index (χ2v) is 6.70. The van der Waals surface area contributed by atoms with Gasteiger partial charge in [0.05, 0.1) is 16.5 Å². The van der Waals surface area contributed by atoms with Gasteiger partial charge >= 0.3 is 0 Å². The van der Waals surface area contributed by atoms with Crippen molar-refractivity contribution in [3.05, 3.63) is 72.2 Å². The van der Waals surface area contributed by atoms with Gasteiger partial charge < -0.3 is 0 Å². The summed E-state index contributed by atoms with van der Waals surface area (Å²) in [5.41, 5.74) is 1.04. The lowest BCUT2D eigenvalue weighted by Gasteiger charge is -2.08. The van der Waals surface area contributed by atoms with Crippen molar-refractivity contribution in [1.82, 2.24) is 19.5 Å². The van der Waals surface area contributed by atoms with Crippen molar-refractivity contribution in [3.63, 3.8) is 0 Å². The molecule has 3 rings (SSSR count). The molecule has 0 amide bonds. The molecule has 0 saturated heterocycles. The van der Waals surface area contributed by atoms with E-state index in [1.54, 1.807) is 47.5 Å². The average Bonchev–Trinajstić information content (AvgIpc) is 3.15. The molecule has 0 atom stereocenters. The summed E-state index contributed by atoms with van der Waals surface area (Å²) in [5.74, 6) is 0.600. The second-order valence-electron chi connectivity index (χ2n) is 4.94. The second kappa shape index (κ2) is 6.62. The molecule has 24 heavy (non-hydrogen) atoms. The molecule has 1 aromatic carbocycles. The highest BCUT2D eigenvalue weighted by Crippen LogP contribution is 2.12. The number of sulfonamides is 1. The van der Waals surface area contributed by atoms with E-state index in [4.69, 9.17) is 5.26 Å². The topological polar surface area (TPSA) is 101 Å². The maximum absolute atomic E-state index is 12.3. The SMILES string of the molecule is N#Cc1cccc(S(=O)(=O)NCc2ccnc(-n3cccn3)c2)c1. The number of nitrogens with one attached hydrogen (secondary N) is 1. The molecule has 120 valence electrons. The highest BCUT2D eigenvalue weighted by molar-refractivity contribution is 7.89. The Kier molecular flexibility index (Phi) is 4.37. The first-order valence-corrected chi connectivity index (χ1v) is 8.51. The first-order valence-electron chi connectivity index (χ1n) is 7.03. The van der Waals surface area contributed by atoms with E-state index < -0.39 is 10.0 Å². The van der Waals surface area contributed by atoms with Crippen molar-refractivity contribution >= 4 is 10.0 Å². The van der Waals surface area contributed by atoms with Crippen LogP contribution in [0.1, 0.15) is 11.1 Å². The third-order valence-electron chi connectivity index (χ3n) is 3.29. The van der Waals surface area contributed by atoms with Gasteiger partial charge in [-0.25, -0.2) is 22.8 Å². The lowest BCUT2D eigenvalue weighted by Crippen LogP contribution is -2.23. The number of nitrogens with zero attached hydrogens (tertiary/aromatic N) is 4. The molecule has 0 unspecified atom stereocenters. The van der Waals surface area contributed by atoms with Gasteiger partial charge in [-0.3, -0.25) is 0 Å². The van der Waals surface area contributed by atoms with Crippen LogP contribution in [0.3, 0.4) is 0 Å². The minimum absolute atomic E-state index is 0.0582. The van der Waals surface area contributed by atoms with Gasteiger partial charge in [-0.2, -0.15) is 10.4 Å². The molecule has 0 radical (unpaired) electrons. The lowest BCUT2D eigenvalue weighted by molar-refractivity contribution is 0.581. The van der Waals surface area contributed by atoms with Crippen LogP contribution in [0, 0.1) is 11.3 Å². The van der Waals surface area contributed by atoms with Crippen LogP contribution in [0.5, 0.6) is 0 Å². The van der Waals surface area contributed by atoms with Gasteiger partial charge in [0.25, 0.3) is 0 Å². The summed E-state index contributed by atoms with van der Waals surface area (Å²) in [7, 11) is -3.70. The number of pyridine rings is 1. The molecule has 0 aliphatic carbocycles. The maximum atomic E-state index is 12.3. The molecule has 0 fully saturated rings. The molecule has 0 saturated carbocycles. The highest BCUT2D eigenvalue weighted by atomic mass is 32.2. The number of hydrogen-bond donors (Lipinski definition) is 1. The van der Waals surface area contributed by atoms with E-state index in [0.717, 1.165) is 5.56 Å². The summed E-state index contributed by atoms with van der Waals surface area (Å²) in [5, 5.41) is 13.0. The fourth-order valence-corrected chi connectivity index (χ4v) is 3.16. The summed E-state index contributed by atoms with van der Waals surface area (Å²) in [6.07, 6.45) is 4.99. The molecule has 1 N–H and O–H groups in total. The summed E-state index contributed by atoms with van der Waals surface area (Å²) in [6, 6.07) is 13.1. The van der Waals surface area contributed by atoms with Crippen LogP contribution in [0.4, 0.5) is 0 Å². The highest BCUT2D eigenvalue weighted by Gasteiger charge is 2.14. The zero-order chi connectivity index (χ0) is 17.0. The molecule has 7 nitrogen and oxygen atoms in total. The van der Waals surface area contributed by atoms with E-state index in [9.17, 15) is 8.42 Å². The summed E-state index contributed by atoms with van der Waals surface area (Å²) in [4.78, 5) is 4.25. The van der Waals surface area contributed by atoms with Crippen LogP contribution >= 0.6 is 0 Å². The third kappa shape index (κ3) is 3.48. The Morgan fingerprint density at radius 2 is 2.04 bits per heavy atom. The Bertz CT molecular complexity index is 991. The average molecular weight is 339 g/mol. The van der Waals surface area contributed by atoms with E-state index in [0.29, 0.717) is 11.4 Å². The molecule has 8 heteroatoms. The number of nitriles is 1. The number of rotatable bonds is 5. The Morgan fingerprint density at radius 3 is 2.79 bits per heavy atom. The van der Waals surface area contributed by atoms with E-state index in [2.05, 4.69) is 14.8 Å². The van der Waals surface area contributed by atoms with Gasteiger partial charge in [0.1, 0.15) is 0 Å². The molecule has 0 aliphatic heterocycles. The Labute approximate surface area is 139 Å². The van der Waals surface area contributed by atoms with Crippen molar-refractivity contribution in [2.75, 3.05) is 0 Å². The van der Waals surface area contributed by atoms with Crippen LogP contribution in [-0.2, 0) is 16.6 Å². The molecular weight excluding hydrogens is 326 g/mol. The van der Waals surface area contributed by atoms with Gasteiger partial charge in [0.15, 0.2) is 5.82 Å². The van der Waals surface area contributed by atoms with Crippen LogP contribution in [0.25, 0.3) is 5.82 Å². The summed E-state index contributed by atoms with van der Waals surface area (Å²) < 4.78 is 28.8. The predicted molar refractivity (Wildman–Crippen MR) is 86.5 cm³/mol. The Balaban J connectivity index is 1.78. The largest absolute Gasteiger partial charge is 0.240 e. The molecular formula is C16H13N5O2S. The van der Waals surface area contributed by atoms with Gasteiger partial charge in [-0.1, -0.05) is 6.07 Å². The van der Waals surface area contributed by atoms with Crippen molar-refractivity contribution in [2.45, 2.75) is 11.4 Å². The van der Waals surface area contributed by atoms with Crippen molar-refractivity contribution in [1.29, 1.82) is 5.26 Å². The summed E-state index contributed by atoms with van der Waals surface area (Å²) >= 11 is 0. The van der Waals surface area contributed by atoms with Crippen LogP contribution in [0.2, 0.25) is 0 Å². The molecule has 0 spiro atoms. The van der Waals surface area contributed by atoms with Gasteiger partial charge in [0.2, 0.25) is 10.0 Å². The van der Waals surface area contributed by atoms with E-state index in [1.165, 1.54) is 18.2 Å². The van der Waals surface area contributed by atoms with Crippen molar-refractivity contribution < 1.29 is 8.42 Å². The predicted octanol–water partition coefficient (Wildman–Crippen LogP) is 1.62. The van der Waals surface area contributed by atoms with Crippen LogP contribution in [-0.4, -0.2) is 23.2 Å².